The smallest absolute Gasteiger partial charge is 0.260 e. The molecule has 2 aromatic rings. The number of aromatic nitrogens is 2. The van der Waals surface area contributed by atoms with Crippen LogP contribution in [0.25, 0.3) is 5.57 Å². The summed E-state index contributed by atoms with van der Waals surface area (Å²) >= 11 is 0. The number of nitrogens with two attached hydrogens (primary N) is 1. The second-order valence-corrected chi connectivity index (χ2v) is 9.07. The average molecular weight is 472 g/mol. The topological polar surface area (TPSA) is 84.6 Å². The summed E-state index contributed by atoms with van der Waals surface area (Å²) in [5, 5.41) is 0. The number of likely N-dealkylation sites (tertiary alicyclic amines) is 2. The number of halogens is 2. The van der Waals surface area contributed by atoms with Crippen molar-refractivity contribution in [1.82, 2.24) is 19.8 Å². The van der Waals surface area contributed by atoms with Crippen LogP contribution in [-0.2, 0) is 16.1 Å². The Hall–Kier alpha value is -3.07. The van der Waals surface area contributed by atoms with Crippen molar-refractivity contribution >= 4 is 17.3 Å². The second kappa shape index (κ2) is 10.5. The molecule has 7 nitrogen and oxygen atoms in total. The zero-order chi connectivity index (χ0) is 24.1. The van der Waals surface area contributed by atoms with Crippen LogP contribution in [0.4, 0.5) is 14.6 Å². The highest BCUT2D eigenvalue weighted by molar-refractivity contribution is 5.85. The summed E-state index contributed by atoms with van der Waals surface area (Å²) in [6.07, 6.45) is 6.19. The number of piperidine rings is 2. The molecule has 2 N–H and O–H groups in total. The van der Waals surface area contributed by atoms with E-state index in [-0.39, 0.29) is 18.8 Å². The minimum absolute atomic E-state index is 0.104. The van der Waals surface area contributed by atoms with Gasteiger partial charge >= 0.3 is 0 Å². The van der Waals surface area contributed by atoms with E-state index in [9.17, 15) is 9.18 Å². The van der Waals surface area contributed by atoms with Crippen LogP contribution in [0.3, 0.4) is 0 Å². The fourth-order valence-corrected chi connectivity index (χ4v) is 4.85. The number of pyridine rings is 2. The van der Waals surface area contributed by atoms with Gasteiger partial charge in [-0.05, 0) is 48.6 Å². The Labute approximate surface area is 198 Å². The monoisotopic (exact) mass is 471 g/mol. The fraction of sp³-hybridized carbons (Fsp3) is 0.480. The molecule has 0 aliphatic carbocycles. The SMILES string of the molecule is CO/C=C(/c1ccc(F)cn1)C1CCN(C(=O)C2(F)CCN(Cc3ccnc(N)c3)CC2)CC1. The van der Waals surface area contributed by atoms with Gasteiger partial charge in [0.1, 0.15) is 11.6 Å². The van der Waals surface area contributed by atoms with Gasteiger partial charge in [0.25, 0.3) is 5.91 Å². The Morgan fingerprint density at radius 2 is 1.94 bits per heavy atom. The molecule has 2 fully saturated rings. The summed E-state index contributed by atoms with van der Waals surface area (Å²) in [5.41, 5.74) is 6.47. The van der Waals surface area contributed by atoms with Crippen LogP contribution in [0, 0.1) is 11.7 Å². The van der Waals surface area contributed by atoms with E-state index in [1.165, 1.54) is 12.3 Å². The van der Waals surface area contributed by atoms with Crippen molar-refractivity contribution in [3.63, 3.8) is 0 Å². The highest BCUT2D eigenvalue weighted by Crippen LogP contribution is 2.35. The molecular formula is C25H31F2N5O2. The molecule has 4 rings (SSSR count). The van der Waals surface area contributed by atoms with E-state index >= 15 is 4.39 Å². The molecular weight excluding hydrogens is 440 g/mol. The van der Waals surface area contributed by atoms with E-state index in [2.05, 4.69) is 14.9 Å². The second-order valence-electron chi connectivity index (χ2n) is 9.07. The number of carbonyl (C=O) groups is 1. The van der Waals surface area contributed by atoms with Gasteiger partial charge in [-0.2, -0.15) is 0 Å². The summed E-state index contributed by atoms with van der Waals surface area (Å²) < 4.78 is 34.2. The quantitative estimate of drug-likeness (QED) is 0.650. The summed E-state index contributed by atoms with van der Waals surface area (Å²) in [6.45, 7) is 2.62. The maximum absolute atomic E-state index is 15.7. The predicted molar refractivity (Wildman–Crippen MR) is 125 cm³/mol. The summed E-state index contributed by atoms with van der Waals surface area (Å²) in [5.74, 6) is -0.236. The van der Waals surface area contributed by atoms with Crippen molar-refractivity contribution in [3.05, 3.63) is 60.0 Å². The normalized spacial score (nSPS) is 19.7. The van der Waals surface area contributed by atoms with Gasteiger partial charge in [0.2, 0.25) is 0 Å². The van der Waals surface area contributed by atoms with Crippen molar-refractivity contribution < 1.29 is 18.3 Å². The van der Waals surface area contributed by atoms with Gasteiger partial charge in [-0.15, -0.1) is 0 Å². The molecule has 2 saturated heterocycles. The molecule has 9 heteroatoms. The highest BCUT2D eigenvalue weighted by Gasteiger charge is 2.44. The van der Waals surface area contributed by atoms with Crippen molar-refractivity contribution in [1.29, 1.82) is 0 Å². The Kier molecular flexibility index (Phi) is 7.41. The van der Waals surface area contributed by atoms with Crippen LogP contribution in [0.1, 0.15) is 36.9 Å². The Morgan fingerprint density at radius 3 is 2.56 bits per heavy atom. The van der Waals surface area contributed by atoms with Gasteiger partial charge in [-0.25, -0.2) is 13.8 Å². The van der Waals surface area contributed by atoms with Crippen LogP contribution < -0.4 is 5.73 Å². The van der Waals surface area contributed by atoms with Crippen molar-refractivity contribution in [2.75, 3.05) is 39.0 Å². The first-order valence-corrected chi connectivity index (χ1v) is 11.6. The number of ether oxygens (including phenoxy) is 1. The molecule has 0 unspecified atom stereocenters. The minimum Gasteiger partial charge on any atom is -0.504 e. The number of nitrogen functional groups attached to an aromatic ring is 1. The van der Waals surface area contributed by atoms with Gasteiger partial charge in [-0.3, -0.25) is 14.7 Å². The zero-order valence-electron chi connectivity index (χ0n) is 19.4. The maximum atomic E-state index is 15.7. The number of nitrogens with zero attached hydrogens (tertiary/aromatic N) is 4. The number of alkyl halides is 1. The van der Waals surface area contributed by atoms with Crippen LogP contribution in [0.2, 0.25) is 0 Å². The van der Waals surface area contributed by atoms with E-state index in [0.717, 1.165) is 11.1 Å². The first kappa shape index (κ1) is 24.1. The molecule has 0 bridgehead atoms. The van der Waals surface area contributed by atoms with Gasteiger partial charge in [0, 0.05) is 57.3 Å². The van der Waals surface area contributed by atoms with E-state index < -0.39 is 17.4 Å². The number of allylic oxidation sites excluding steroid dienone is 1. The van der Waals surface area contributed by atoms with Gasteiger partial charge in [-0.1, -0.05) is 0 Å². The zero-order valence-corrected chi connectivity index (χ0v) is 19.4. The maximum Gasteiger partial charge on any atom is 0.260 e. The fourth-order valence-electron chi connectivity index (χ4n) is 4.85. The van der Waals surface area contributed by atoms with E-state index in [1.54, 1.807) is 30.5 Å². The molecule has 0 atom stereocenters. The van der Waals surface area contributed by atoms with Crippen molar-refractivity contribution in [2.24, 2.45) is 5.92 Å². The lowest BCUT2D eigenvalue weighted by Gasteiger charge is -2.40. The third-order valence-corrected chi connectivity index (χ3v) is 6.77. The number of carbonyl (C=O) groups excluding carboxylic acids is 1. The van der Waals surface area contributed by atoms with Crippen LogP contribution >= 0.6 is 0 Å². The number of hydrogen-bond donors (Lipinski definition) is 1. The van der Waals surface area contributed by atoms with Gasteiger partial charge in [0.15, 0.2) is 5.67 Å². The Bertz CT molecular complexity index is 1010. The first-order valence-electron chi connectivity index (χ1n) is 11.6. The van der Waals surface area contributed by atoms with Gasteiger partial charge in [0.05, 0.1) is 25.3 Å². The molecule has 2 aromatic heterocycles. The summed E-state index contributed by atoms with van der Waals surface area (Å²) in [6, 6.07) is 6.72. The number of hydrogen-bond acceptors (Lipinski definition) is 6. The lowest BCUT2D eigenvalue weighted by molar-refractivity contribution is -0.148. The van der Waals surface area contributed by atoms with Crippen molar-refractivity contribution in [3.8, 4) is 0 Å². The largest absolute Gasteiger partial charge is 0.504 e. The lowest BCUT2D eigenvalue weighted by Crippen LogP contribution is -2.53. The van der Waals surface area contributed by atoms with Gasteiger partial charge < -0.3 is 15.4 Å². The first-order chi connectivity index (χ1) is 16.4. The molecule has 0 radical (unpaired) electrons. The molecule has 1 amide bonds. The van der Waals surface area contributed by atoms with Crippen molar-refractivity contribution in [2.45, 2.75) is 37.9 Å². The van der Waals surface area contributed by atoms with Crippen LogP contribution in [0.15, 0.2) is 42.9 Å². The number of methoxy groups -OCH3 is 1. The highest BCUT2D eigenvalue weighted by atomic mass is 19.1. The number of anilines is 1. The standard InChI is InChI=1S/C25H31F2N5O2/c1-34-17-21(22-3-2-20(26)15-30-22)19-5-10-32(11-6-19)24(33)25(27)7-12-31(13-8-25)16-18-4-9-29-23(28)14-18/h2-4,9,14-15,17,19H,5-8,10-13,16H2,1H3,(H2,28,29)/b21-17+. The van der Waals surface area contributed by atoms with E-state index in [4.69, 9.17) is 10.5 Å². The van der Waals surface area contributed by atoms with Crippen LogP contribution in [0.5, 0.6) is 0 Å². The molecule has 0 saturated carbocycles. The minimum atomic E-state index is -1.83. The summed E-state index contributed by atoms with van der Waals surface area (Å²) in [7, 11) is 1.56. The molecule has 2 aliphatic heterocycles. The predicted octanol–water partition coefficient (Wildman–Crippen LogP) is 3.43. The van der Waals surface area contributed by atoms with E-state index in [1.807, 2.05) is 12.1 Å². The summed E-state index contributed by atoms with van der Waals surface area (Å²) in [4.78, 5) is 25.1. The number of amides is 1. The van der Waals surface area contributed by atoms with Crippen LogP contribution in [-0.4, -0.2) is 64.6 Å². The Balaban J connectivity index is 1.32. The molecule has 0 spiro atoms. The molecule has 2 aliphatic rings. The average Bonchev–Trinajstić information content (AvgIpc) is 2.84. The molecule has 4 heterocycles. The Morgan fingerprint density at radius 1 is 1.21 bits per heavy atom. The third-order valence-electron chi connectivity index (χ3n) is 6.77. The number of rotatable bonds is 6. The molecule has 34 heavy (non-hydrogen) atoms. The lowest BCUT2D eigenvalue weighted by atomic mass is 9.86. The third kappa shape index (κ3) is 5.52. The molecule has 0 aromatic carbocycles. The molecule has 182 valence electrons. The van der Waals surface area contributed by atoms with E-state index in [0.29, 0.717) is 57.1 Å².